The van der Waals surface area contributed by atoms with Gasteiger partial charge >= 0.3 is 5.97 Å². The normalized spacial score (nSPS) is 19.9. The van der Waals surface area contributed by atoms with Gasteiger partial charge in [-0.05, 0) is 51.1 Å². The van der Waals surface area contributed by atoms with Gasteiger partial charge in [0.2, 0.25) is 0 Å². The number of carbonyl (C=O) groups is 1. The van der Waals surface area contributed by atoms with Gasteiger partial charge in [-0.2, -0.15) is 0 Å². The lowest BCUT2D eigenvalue weighted by molar-refractivity contribution is -0.152. The first kappa shape index (κ1) is 14.6. The van der Waals surface area contributed by atoms with Gasteiger partial charge in [-0.15, -0.1) is 0 Å². The minimum atomic E-state index is -1.12. The molecule has 0 bridgehead atoms. The molecule has 1 aliphatic heterocycles. The summed E-state index contributed by atoms with van der Waals surface area (Å²) in [5.41, 5.74) is -0.557. The molecular formula is C14H17Cl2NO2. The molecule has 1 N–H and O–H groups in total. The molecule has 0 radical (unpaired) electrons. The fraction of sp³-hybridized carbons (Fsp3) is 0.500. The van der Waals surface area contributed by atoms with E-state index < -0.39 is 11.5 Å². The van der Waals surface area contributed by atoms with Crippen LogP contribution in [-0.4, -0.2) is 29.1 Å². The second-order valence-corrected chi connectivity index (χ2v) is 5.89. The smallest absolute Gasteiger partial charge is 0.328 e. The van der Waals surface area contributed by atoms with Gasteiger partial charge in [-0.3, -0.25) is 4.90 Å². The maximum absolute atomic E-state index is 11.8. The van der Waals surface area contributed by atoms with Gasteiger partial charge in [0.1, 0.15) is 5.54 Å². The Hall–Kier alpha value is -0.770. The van der Waals surface area contributed by atoms with Crippen molar-refractivity contribution in [1.29, 1.82) is 0 Å². The van der Waals surface area contributed by atoms with Crippen LogP contribution in [0.4, 0.5) is 0 Å². The topological polar surface area (TPSA) is 40.5 Å². The Balaban J connectivity index is 2.48. The van der Waals surface area contributed by atoms with Crippen molar-refractivity contribution in [2.24, 2.45) is 0 Å². The second kappa shape index (κ2) is 5.70. The van der Waals surface area contributed by atoms with Crippen LogP contribution >= 0.6 is 23.2 Å². The number of piperidine rings is 1. The standard InChI is InChI=1S/C14H17Cl2NO2/c1-14(13(18)19,17-7-3-2-4-8-17)11-9-10(15)5-6-12(11)16/h5-6,9H,2-4,7-8H2,1H3,(H,18,19). The summed E-state index contributed by atoms with van der Waals surface area (Å²) in [5, 5.41) is 10.7. The molecule has 0 aliphatic carbocycles. The molecule has 0 amide bonds. The number of hydrogen-bond acceptors (Lipinski definition) is 2. The van der Waals surface area contributed by atoms with E-state index in [1.165, 1.54) is 0 Å². The molecule has 1 aliphatic rings. The van der Waals surface area contributed by atoms with Gasteiger partial charge in [0.25, 0.3) is 0 Å². The van der Waals surface area contributed by atoms with Crippen LogP contribution in [-0.2, 0) is 10.3 Å². The molecule has 0 saturated carbocycles. The van der Waals surface area contributed by atoms with Crippen molar-refractivity contribution in [1.82, 2.24) is 4.90 Å². The van der Waals surface area contributed by atoms with E-state index in [-0.39, 0.29) is 0 Å². The van der Waals surface area contributed by atoms with E-state index in [1.807, 2.05) is 4.90 Å². The maximum atomic E-state index is 11.8. The van der Waals surface area contributed by atoms with E-state index >= 15 is 0 Å². The first-order valence-corrected chi connectivity index (χ1v) is 7.16. The molecule has 19 heavy (non-hydrogen) atoms. The van der Waals surface area contributed by atoms with Crippen molar-refractivity contribution >= 4 is 29.2 Å². The number of hydrogen-bond donors (Lipinski definition) is 1. The van der Waals surface area contributed by atoms with Crippen molar-refractivity contribution in [3.8, 4) is 0 Å². The number of likely N-dealkylation sites (tertiary alicyclic amines) is 1. The number of carboxylic acids is 1. The number of aliphatic carboxylic acids is 1. The third-order valence-electron chi connectivity index (χ3n) is 3.86. The first-order chi connectivity index (χ1) is 8.96. The molecule has 1 aromatic carbocycles. The summed E-state index contributed by atoms with van der Waals surface area (Å²) in [4.78, 5) is 13.8. The molecule has 0 spiro atoms. The van der Waals surface area contributed by atoms with Crippen LogP contribution in [0.15, 0.2) is 18.2 Å². The van der Waals surface area contributed by atoms with Crippen LogP contribution in [0.1, 0.15) is 31.7 Å². The highest BCUT2D eigenvalue weighted by molar-refractivity contribution is 6.33. The lowest BCUT2D eigenvalue weighted by atomic mass is 9.88. The van der Waals surface area contributed by atoms with Crippen molar-refractivity contribution in [2.45, 2.75) is 31.7 Å². The quantitative estimate of drug-likeness (QED) is 0.923. The molecule has 0 aromatic heterocycles. The summed E-state index contributed by atoms with van der Waals surface area (Å²) in [6.45, 7) is 3.25. The molecule has 1 saturated heterocycles. The van der Waals surface area contributed by atoms with Crippen molar-refractivity contribution in [2.75, 3.05) is 13.1 Å². The predicted molar refractivity (Wildman–Crippen MR) is 76.9 cm³/mol. The van der Waals surface area contributed by atoms with Crippen LogP contribution in [0.2, 0.25) is 10.0 Å². The van der Waals surface area contributed by atoms with Gasteiger partial charge < -0.3 is 5.11 Å². The van der Waals surface area contributed by atoms with Gasteiger partial charge in [0, 0.05) is 15.6 Å². The average Bonchev–Trinajstić information content (AvgIpc) is 2.41. The van der Waals surface area contributed by atoms with Crippen molar-refractivity contribution < 1.29 is 9.90 Å². The summed E-state index contributed by atoms with van der Waals surface area (Å²) < 4.78 is 0. The number of rotatable bonds is 3. The van der Waals surface area contributed by atoms with Crippen molar-refractivity contribution in [3.63, 3.8) is 0 Å². The molecule has 5 heteroatoms. The molecule has 1 fully saturated rings. The highest BCUT2D eigenvalue weighted by Gasteiger charge is 2.43. The summed E-state index contributed by atoms with van der Waals surface area (Å²) in [5.74, 6) is -0.890. The van der Waals surface area contributed by atoms with Gasteiger partial charge in [-0.25, -0.2) is 4.79 Å². The number of benzene rings is 1. The fourth-order valence-corrected chi connectivity index (χ4v) is 3.11. The highest BCUT2D eigenvalue weighted by atomic mass is 35.5. The lowest BCUT2D eigenvalue weighted by Gasteiger charge is -2.41. The van der Waals surface area contributed by atoms with E-state index in [0.717, 1.165) is 32.4 Å². The summed E-state index contributed by atoms with van der Waals surface area (Å²) in [6, 6.07) is 4.99. The van der Waals surface area contributed by atoms with Crippen LogP contribution in [0, 0.1) is 0 Å². The molecular weight excluding hydrogens is 285 g/mol. The summed E-state index contributed by atoms with van der Waals surface area (Å²) >= 11 is 12.2. The predicted octanol–water partition coefficient (Wildman–Crippen LogP) is 3.78. The fourth-order valence-electron chi connectivity index (χ4n) is 2.63. The number of nitrogens with zero attached hydrogens (tertiary/aromatic N) is 1. The third-order valence-corrected chi connectivity index (χ3v) is 4.42. The lowest BCUT2D eigenvalue weighted by Crippen LogP contribution is -2.52. The second-order valence-electron chi connectivity index (χ2n) is 5.05. The largest absolute Gasteiger partial charge is 0.480 e. The third kappa shape index (κ3) is 2.73. The van der Waals surface area contributed by atoms with E-state index in [4.69, 9.17) is 23.2 Å². The minimum absolute atomic E-state index is 0.444. The van der Waals surface area contributed by atoms with E-state index in [2.05, 4.69) is 0 Å². The Labute approximate surface area is 123 Å². The minimum Gasteiger partial charge on any atom is -0.480 e. The zero-order chi connectivity index (χ0) is 14.0. The van der Waals surface area contributed by atoms with Gasteiger partial charge in [-0.1, -0.05) is 29.6 Å². The first-order valence-electron chi connectivity index (χ1n) is 6.40. The van der Waals surface area contributed by atoms with Crippen molar-refractivity contribution in [3.05, 3.63) is 33.8 Å². The molecule has 3 nitrogen and oxygen atoms in total. The Morgan fingerprint density at radius 3 is 2.47 bits per heavy atom. The molecule has 1 atom stereocenters. The van der Waals surface area contributed by atoms with Crippen LogP contribution in [0.5, 0.6) is 0 Å². The molecule has 1 heterocycles. The molecule has 1 aromatic rings. The molecule has 2 rings (SSSR count). The highest BCUT2D eigenvalue weighted by Crippen LogP contribution is 2.37. The van der Waals surface area contributed by atoms with Gasteiger partial charge in [0.15, 0.2) is 0 Å². The number of halogens is 2. The van der Waals surface area contributed by atoms with Crippen LogP contribution in [0.25, 0.3) is 0 Å². The zero-order valence-electron chi connectivity index (χ0n) is 10.8. The van der Waals surface area contributed by atoms with E-state index in [1.54, 1.807) is 25.1 Å². The molecule has 104 valence electrons. The summed E-state index contributed by atoms with van der Waals surface area (Å²) in [6.07, 6.45) is 3.18. The average molecular weight is 302 g/mol. The zero-order valence-corrected chi connectivity index (χ0v) is 12.3. The van der Waals surface area contributed by atoms with Crippen LogP contribution in [0.3, 0.4) is 0 Å². The Morgan fingerprint density at radius 2 is 1.89 bits per heavy atom. The van der Waals surface area contributed by atoms with Crippen LogP contribution < -0.4 is 0 Å². The monoisotopic (exact) mass is 301 g/mol. The Kier molecular flexibility index (Phi) is 4.39. The summed E-state index contributed by atoms with van der Waals surface area (Å²) in [7, 11) is 0. The van der Waals surface area contributed by atoms with Gasteiger partial charge in [0.05, 0.1) is 0 Å². The Morgan fingerprint density at radius 1 is 1.26 bits per heavy atom. The number of carboxylic acid groups (broad SMARTS) is 1. The Bertz CT molecular complexity index is 486. The SMILES string of the molecule is CC(C(=O)O)(c1cc(Cl)ccc1Cl)N1CCCCC1. The van der Waals surface area contributed by atoms with E-state index in [0.29, 0.717) is 15.6 Å². The molecule has 1 unspecified atom stereocenters. The maximum Gasteiger partial charge on any atom is 0.328 e. The van der Waals surface area contributed by atoms with E-state index in [9.17, 15) is 9.90 Å².